The number of ether oxygens (including phenoxy) is 1. The summed E-state index contributed by atoms with van der Waals surface area (Å²) in [4.78, 5) is 2.64. The second kappa shape index (κ2) is 5.48. The van der Waals surface area contributed by atoms with Crippen molar-refractivity contribution in [1.82, 2.24) is 10.2 Å². The van der Waals surface area contributed by atoms with Crippen LogP contribution in [0.1, 0.15) is 32.6 Å². The molecule has 0 saturated carbocycles. The Balaban J connectivity index is 1.77. The summed E-state index contributed by atoms with van der Waals surface area (Å²) in [5.41, 5.74) is 0.547. The zero-order chi connectivity index (χ0) is 11.4. The Bertz CT molecular complexity index is 206. The summed E-state index contributed by atoms with van der Waals surface area (Å²) < 4.78 is 5.42. The van der Waals surface area contributed by atoms with E-state index in [1.54, 1.807) is 0 Å². The molecule has 2 aliphatic heterocycles. The summed E-state index contributed by atoms with van der Waals surface area (Å²) in [7, 11) is 1.84. The van der Waals surface area contributed by atoms with E-state index in [1.807, 2.05) is 7.11 Å². The molecule has 0 radical (unpaired) electrons. The Morgan fingerprint density at radius 1 is 1.25 bits per heavy atom. The SMILES string of the molecule is COC1CCN(CC2(C)CCNCC2)CC1. The highest BCUT2D eigenvalue weighted by atomic mass is 16.5. The predicted molar refractivity (Wildman–Crippen MR) is 66.7 cm³/mol. The third-order valence-corrected chi connectivity index (χ3v) is 4.28. The minimum Gasteiger partial charge on any atom is -0.381 e. The summed E-state index contributed by atoms with van der Waals surface area (Å²) >= 11 is 0. The van der Waals surface area contributed by atoms with Gasteiger partial charge in [0, 0.05) is 26.7 Å². The highest BCUT2D eigenvalue weighted by Crippen LogP contribution is 2.30. The van der Waals surface area contributed by atoms with Gasteiger partial charge in [0.1, 0.15) is 0 Å². The standard InChI is InChI=1S/C13H26N2O/c1-13(5-7-14-8-6-13)11-15-9-3-12(16-2)4-10-15/h12,14H,3-11H2,1-2H3. The third kappa shape index (κ3) is 3.19. The van der Waals surface area contributed by atoms with E-state index in [1.165, 1.54) is 58.4 Å². The van der Waals surface area contributed by atoms with Crippen LogP contribution in [0.5, 0.6) is 0 Å². The average molecular weight is 226 g/mol. The third-order valence-electron chi connectivity index (χ3n) is 4.28. The van der Waals surface area contributed by atoms with Crippen LogP contribution < -0.4 is 5.32 Å². The minimum atomic E-state index is 0.511. The number of hydrogen-bond donors (Lipinski definition) is 1. The van der Waals surface area contributed by atoms with Gasteiger partial charge in [-0.3, -0.25) is 0 Å². The van der Waals surface area contributed by atoms with Gasteiger partial charge in [-0.2, -0.15) is 0 Å². The molecule has 0 aromatic heterocycles. The van der Waals surface area contributed by atoms with E-state index in [4.69, 9.17) is 4.74 Å². The van der Waals surface area contributed by atoms with E-state index in [2.05, 4.69) is 17.1 Å². The molecule has 0 atom stereocenters. The number of piperidine rings is 2. The first kappa shape index (κ1) is 12.3. The summed E-state index contributed by atoms with van der Waals surface area (Å²) in [6, 6.07) is 0. The molecule has 0 aliphatic carbocycles. The topological polar surface area (TPSA) is 24.5 Å². The van der Waals surface area contributed by atoms with Crippen LogP contribution in [0.25, 0.3) is 0 Å². The number of hydrogen-bond acceptors (Lipinski definition) is 3. The second-order valence-electron chi connectivity index (χ2n) is 5.77. The van der Waals surface area contributed by atoms with Crippen LogP contribution in [-0.2, 0) is 4.74 Å². The van der Waals surface area contributed by atoms with E-state index < -0.39 is 0 Å². The van der Waals surface area contributed by atoms with Crippen molar-refractivity contribution in [3.8, 4) is 0 Å². The molecule has 2 saturated heterocycles. The van der Waals surface area contributed by atoms with Crippen molar-refractivity contribution < 1.29 is 4.74 Å². The second-order valence-corrected chi connectivity index (χ2v) is 5.77. The molecule has 0 aromatic carbocycles. The van der Waals surface area contributed by atoms with Crippen molar-refractivity contribution in [2.75, 3.05) is 39.8 Å². The molecule has 2 aliphatic rings. The smallest absolute Gasteiger partial charge is 0.0595 e. The first-order valence-electron chi connectivity index (χ1n) is 6.68. The number of nitrogens with one attached hydrogen (secondary N) is 1. The van der Waals surface area contributed by atoms with Gasteiger partial charge in [-0.15, -0.1) is 0 Å². The number of nitrogens with zero attached hydrogens (tertiary/aromatic N) is 1. The average Bonchev–Trinajstić information content (AvgIpc) is 2.30. The summed E-state index contributed by atoms with van der Waals surface area (Å²) in [6.07, 6.45) is 5.60. The normalized spacial score (nSPS) is 28.1. The summed E-state index contributed by atoms with van der Waals surface area (Å²) in [5, 5.41) is 3.45. The number of likely N-dealkylation sites (tertiary alicyclic amines) is 1. The Kier molecular flexibility index (Phi) is 4.22. The van der Waals surface area contributed by atoms with Crippen molar-refractivity contribution in [1.29, 1.82) is 0 Å². The number of rotatable bonds is 3. The van der Waals surface area contributed by atoms with Crippen molar-refractivity contribution in [3.63, 3.8) is 0 Å². The van der Waals surface area contributed by atoms with Gasteiger partial charge in [0.15, 0.2) is 0 Å². The Labute approximate surface area is 99.5 Å². The summed E-state index contributed by atoms with van der Waals surface area (Å²) in [5.74, 6) is 0. The molecule has 0 amide bonds. The van der Waals surface area contributed by atoms with Crippen LogP contribution in [0.3, 0.4) is 0 Å². The number of methoxy groups -OCH3 is 1. The Morgan fingerprint density at radius 3 is 2.44 bits per heavy atom. The molecule has 94 valence electrons. The lowest BCUT2D eigenvalue weighted by atomic mass is 9.80. The molecule has 16 heavy (non-hydrogen) atoms. The van der Waals surface area contributed by atoms with Crippen molar-refractivity contribution in [2.24, 2.45) is 5.41 Å². The van der Waals surface area contributed by atoms with E-state index >= 15 is 0 Å². The fourth-order valence-electron chi connectivity index (χ4n) is 3.03. The molecule has 0 aromatic rings. The zero-order valence-electron chi connectivity index (χ0n) is 10.8. The molecule has 0 spiro atoms. The van der Waals surface area contributed by atoms with Crippen LogP contribution in [-0.4, -0.2) is 50.8 Å². The van der Waals surface area contributed by atoms with Gasteiger partial charge in [0.25, 0.3) is 0 Å². The molecule has 2 rings (SSSR count). The van der Waals surface area contributed by atoms with Gasteiger partial charge < -0.3 is 15.0 Å². The van der Waals surface area contributed by atoms with Gasteiger partial charge >= 0.3 is 0 Å². The molecule has 0 bridgehead atoms. The minimum absolute atomic E-state index is 0.511. The fraction of sp³-hybridized carbons (Fsp3) is 1.00. The fourth-order valence-corrected chi connectivity index (χ4v) is 3.03. The van der Waals surface area contributed by atoms with Crippen molar-refractivity contribution >= 4 is 0 Å². The lowest BCUT2D eigenvalue weighted by Crippen LogP contribution is -2.46. The highest BCUT2D eigenvalue weighted by molar-refractivity contribution is 4.85. The van der Waals surface area contributed by atoms with Gasteiger partial charge in [-0.25, -0.2) is 0 Å². The predicted octanol–water partition coefficient (Wildman–Crippen LogP) is 1.49. The van der Waals surface area contributed by atoms with Gasteiger partial charge in [0.05, 0.1) is 6.10 Å². The maximum absolute atomic E-state index is 5.42. The maximum Gasteiger partial charge on any atom is 0.0595 e. The van der Waals surface area contributed by atoms with E-state index in [0.717, 1.165) is 0 Å². The summed E-state index contributed by atoms with van der Waals surface area (Å²) in [6.45, 7) is 8.58. The molecule has 2 heterocycles. The van der Waals surface area contributed by atoms with E-state index in [9.17, 15) is 0 Å². The Morgan fingerprint density at radius 2 is 1.88 bits per heavy atom. The first-order chi connectivity index (χ1) is 7.72. The van der Waals surface area contributed by atoms with Crippen LogP contribution in [0, 0.1) is 5.41 Å². The van der Waals surface area contributed by atoms with Gasteiger partial charge in [0.2, 0.25) is 0 Å². The van der Waals surface area contributed by atoms with Gasteiger partial charge in [-0.1, -0.05) is 6.92 Å². The quantitative estimate of drug-likeness (QED) is 0.789. The van der Waals surface area contributed by atoms with Crippen LogP contribution >= 0.6 is 0 Å². The van der Waals surface area contributed by atoms with Crippen LogP contribution in [0.4, 0.5) is 0 Å². The Hall–Kier alpha value is -0.120. The van der Waals surface area contributed by atoms with Crippen molar-refractivity contribution in [3.05, 3.63) is 0 Å². The van der Waals surface area contributed by atoms with Crippen LogP contribution in [0.2, 0.25) is 0 Å². The molecular formula is C13H26N2O. The maximum atomic E-state index is 5.42. The zero-order valence-corrected chi connectivity index (χ0v) is 10.8. The monoisotopic (exact) mass is 226 g/mol. The first-order valence-corrected chi connectivity index (χ1v) is 6.68. The lowest BCUT2D eigenvalue weighted by molar-refractivity contribution is 0.0236. The molecule has 0 unspecified atom stereocenters. The molecule has 3 heteroatoms. The van der Waals surface area contributed by atoms with E-state index in [0.29, 0.717) is 11.5 Å². The van der Waals surface area contributed by atoms with Crippen LogP contribution in [0.15, 0.2) is 0 Å². The van der Waals surface area contributed by atoms with Gasteiger partial charge in [-0.05, 0) is 44.2 Å². The van der Waals surface area contributed by atoms with Crippen molar-refractivity contribution in [2.45, 2.75) is 38.7 Å². The lowest BCUT2D eigenvalue weighted by Gasteiger charge is -2.41. The molecule has 3 nitrogen and oxygen atoms in total. The molecule has 2 fully saturated rings. The molecular weight excluding hydrogens is 200 g/mol. The molecule has 1 N–H and O–H groups in total. The van der Waals surface area contributed by atoms with E-state index in [-0.39, 0.29) is 0 Å². The largest absolute Gasteiger partial charge is 0.381 e. The highest BCUT2D eigenvalue weighted by Gasteiger charge is 2.30.